The van der Waals surface area contributed by atoms with Crippen molar-refractivity contribution in [3.63, 3.8) is 0 Å². The van der Waals surface area contributed by atoms with E-state index < -0.39 is 0 Å². The Morgan fingerprint density at radius 1 is 1.29 bits per heavy atom. The number of halogens is 1. The molecule has 0 fully saturated rings. The topological polar surface area (TPSA) is 52.5 Å². The molecule has 0 heterocycles. The van der Waals surface area contributed by atoms with Gasteiger partial charge in [0.1, 0.15) is 11.6 Å². The lowest BCUT2D eigenvalue weighted by Gasteiger charge is -2.25. The van der Waals surface area contributed by atoms with Crippen LogP contribution < -0.4 is 5.32 Å². The molecule has 1 aromatic carbocycles. The normalized spacial score (nSPS) is 14.9. The fourth-order valence-electron chi connectivity index (χ4n) is 1.74. The maximum Gasteiger partial charge on any atom is 0.123 e. The molecule has 0 amide bonds. The Balaban J connectivity index is 2.81. The average molecular weight is 241 g/mol. The second-order valence-corrected chi connectivity index (χ2v) is 4.62. The highest BCUT2D eigenvalue weighted by molar-refractivity contribution is 5.34. The van der Waals surface area contributed by atoms with Crippen molar-refractivity contribution in [2.45, 2.75) is 32.9 Å². The predicted molar refractivity (Wildman–Crippen MR) is 65.3 cm³/mol. The van der Waals surface area contributed by atoms with E-state index in [4.69, 9.17) is 0 Å². The third-order valence-corrected chi connectivity index (χ3v) is 2.92. The summed E-state index contributed by atoms with van der Waals surface area (Å²) in [4.78, 5) is 0. The molecule has 0 saturated carbocycles. The fourth-order valence-corrected chi connectivity index (χ4v) is 1.74. The Bertz CT molecular complexity index is 368. The number of benzene rings is 1. The van der Waals surface area contributed by atoms with E-state index in [9.17, 15) is 14.6 Å². The molecular formula is C13H20FNO2. The van der Waals surface area contributed by atoms with Crippen molar-refractivity contribution < 1.29 is 14.6 Å². The number of aromatic hydroxyl groups is 1. The number of aliphatic hydroxyl groups is 1. The summed E-state index contributed by atoms with van der Waals surface area (Å²) < 4.78 is 13.1. The van der Waals surface area contributed by atoms with Gasteiger partial charge in [-0.25, -0.2) is 4.39 Å². The summed E-state index contributed by atoms with van der Waals surface area (Å²) in [6.45, 7) is 5.83. The van der Waals surface area contributed by atoms with E-state index >= 15 is 0 Å². The van der Waals surface area contributed by atoms with Crippen molar-refractivity contribution in [3.05, 3.63) is 29.6 Å². The highest BCUT2D eigenvalue weighted by Gasteiger charge is 2.18. The molecule has 0 aliphatic rings. The summed E-state index contributed by atoms with van der Waals surface area (Å²) in [5, 5.41) is 22.1. The van der Waals surface area contributed by atoms with Crippen LogP contribution in [0, 0.1) is 11.7 Å². The van der Waals surface area contributed by atoms with Gasteiger partial charge in [0.2, 0.25) is 0 Å². The molecule has 3 N–H and O–H groups in total. The Kier molecular flexibility index (Phi) is 4.90. The SMILES string of the molecule is CC(N[C@H](CO)C(C)C)c1cc(F)ccc1O. The van der Waals surface area contributed by atoms with Crippen molar-refractivity contribution >= 4 is 0 Å². The van der Waals surface area contributed by atoms with Crippen LogP contribution in [-0.4, -0.2) is 22.9 Å². The minimum atomic E-state index is -0.378. The number of phenols is 1. The van der Waals surface area contributed by atoms with Crippen LogP contribution >= 0.6 is 0 Å². The van der Waals surface area contributed by atoms with E-state index in [2.05, 4.69) is 5.32 Å². The van der Waals surface area contributed by atoms with Crippen LogP contribution in [-0.2, 0) is 0 Å². The highest BCUT2D eigenvalue weighted by atomic mass is 19.1. The van der Waals surface area contributed by atoms with Gasteiger partial charge in [0.15, 0.2) is 0 Å². The van der Waals surface area contributed by atoms with Gasteiger partial charge in [0.25, 0.3) is 0 Å². The first kappa shape index (κ1) is 13.9. The molecule has 1 unspecified atom stereocenters. The van der Waals surface area contributed by atoms with Crippen LogP contribution in [0.5, 0.6) is 5.75 Å². The Hall–Kier alpha value is -1.13. The molecular weight excluding hydrogens is 221 g/mol. The van der Waals surface area contributed by atoms with E-state index in [-0.39, 0.29) is 36.2 Å². The van der Waals surface area contributed by atoms with Gasteiger partial charge in [-0.1, -0.05) is 13.8 Å². The first-order valence-electron chi connectivity index (χ1n) is 5.81. The van der Waals surface area contributed by atoms with Gasteiger partial charge in [-0.3, -0.25) is 0 Å². The zero-order chi connectivity index (χ0) is 13.0. The zero-order valence-electron chi connectivity index (χ0n) is 10.4. The third kappa shape index (κ3) is 3.68. The molecule has 0 aliphatic carbocycles. The van der Waals surface area contributed by atoms with E-state index in [1.807, 2.05) is 20.8 Å². The summed E-state index contributed by atoms with van der Waals surface area (Å²) in [5.74, 6) is -0.0541. The summed E-state index contributed by atoms with van der Waals surface area (Å²) >= 11 is 0. The highest BCUT2D eigenvalue weighted by Crippen LogP contribution is 2.25. The van der Waals surface area contributed by atoms with Crippen molar-refractivity contribution in [3.8, 4) is 5.75 Å². The predicted octanol–water partition coefficient (Wildman–Crippen LogP) is 2.20. The quantitative estimate of drug-likeness (QED) is 0.740. The standard InChI is InChI=1S/C13H20FNO2/c1-8(2)12(7-16)15-9(3)11-6-10(14)4-5-13(11)17/h4-6,8-9,12,15-17H,7H2,1-3H3/t9?,12-/m1/s1. The lowest BCUT2D eigenvalue weighted by Crippen LogP contribution is -2.38. The summed E-state index contributed by atoms with van der Waals surface area (Å²) in [6, 6.07) is 3.57. The molecule has 0 aromatic heterocycles. The second kappa shape index (κ2) is 5.98. The molecule has 1 rings (SSSR count). The Labute approximate surface area is 101 Å². The Morgan fingerprint density at radius 3 is 2.47 bits per heavy atom. The first-order valence-corrected chi connectivity index (χ1v) is 5.81. The number of rotatable bonds is 5. The number of hydrogen-bond donors (Lipinski definition) is 3. The molecule has 1 aromatic rings. The van der Waals surface area contributed by atoms with Crippen molar-refractivity contribution in [2.24, 2.45) is 5.92 Å². The molecule has 0 spiro atoms. The average Bonchev–Trinajstić information content (AvgIpc) is 2.28. The molecule has 4 heteroatoms. The number of phenolic OH excluding ortho intramolecular Hbond substituents is 1. The Morgan fingerprint density at radius 2 is 1.94 bits per heavy atom. The van der Waals surface area contributed by atoms with Gasteiger partial charge >= 0.3 is 0 Å². The van der Waals surface area contributed by atoms with Crippen molar-refractivity contribution in [2.75, 3.05) is 6.61 Å². The van der Waals surface area contributed by atoms with Crippen LogP contribution in [0.3, 0.4) is 0 Å². The van der Waals surface area contributed by atoms with Crippen molar-refractivity contribution in [1.29, 1.82) is 0 Å². The number of nitrogens with one attached hydrogen (secondary N) is 1. The molecule has 0 saturated heterocycles. The smallest absolute Gasteiger partial charge is 0.123 e. The van der Waals surface area contributed by atoms with Crippen LogP contribution in [0.4, 0.5) is 4.39 Å². The molecule has 0 radical (unpaired) electrons. The minimum absolute atomic E-state index is 0.0120. The van der Waals surface area contributed by atoms with Gasteiger partial charge in [0, 0.05) is 17.6 Å². The van der Waals surface area contributed by atoms with E-state index in [1.54, 1.807) is 0 Å². The molecule has 3 nitrogen and oxygen atoms in total. The second-order valence-electron chi connectivity index (χ2n) is 4.62. The lowest BCUT2D eigenvalue weighted by molar-refractivity contribution is 0.201. The monoisotopic (exact) mass is 241 g/mol. The molecule has 96 valence electrons. The first-order chi connectivity index (χ1) is 7.95. The summed E-state index contributed by atoms with van der Waals surface area (Å²) in [5.41, 5.74) is 0.504. The van der Waals surface area contributed by atoms with Crippen LogP contribution in [0.2, 0.25) is 0 Å². The number of hydrogen-bond acceptors (Lipinski definition) is 3. The van der Waals surface area contributed by atoms with Gasteiger partial charge in [0.05, 0.1) is 6.61 Å². The maximum atomic E-state index is 13.1. The third-order valence-electron chi connectivity index (χ3n) is 2.92. The molecule has 2 atom stereocenters. The fraction of sp³-hybridized carbons (Fsp3) is 0.538. The van der Waals surface area contributed by atoms with Crippen molar-refractivity contribution in [1.82, 2.24) is 5.32 Å². The van der Waals surface area contributed by atoms with E-state index in [0.29, 0.717) is 5.56 Å². The maximum absolute atomic E-state index is 13.1. The molecule has 17 heavy (non-hydrogen) atoms. The van der Waals surface area contributed by atoms with Gasteiger partial charge < -0.3 is 15.5 Å². The zero-order valence-corrected chi connectivity index (χ0v) is 10.4. The summed E-state index contributed by atoms with van der Waals surface area (Å²) in [7, 11) is 0. The molecule has 0 aliphatic heterocycles. The molecule has 0 bridgehead atoms. The lowest BCUT2D eigenvalue weighted by atomic mass is 10.0. The van der Waals surface area contributed by atoms with Crippen LogP contribution in [0.1, 0.15) is 32.4 Å². The van der Waals surface area contributed by atoms with Gasteiger partial charge in [-0.2, -0.15) is 0 Å². The summed E-state index contributed by atoms with van der Waals surface area (Å²) in [6.07, 6.45) is 0. The van der Waals surface area contributed by atoms with Crippen LogP contribution in [0.25, 0.3) is 0 Å². The number of aliphatic hydroxyl groups excluding tert-OH is 1. The van der Waals surface area contributed by atoms with E-state index in [1.165, 1.54) is 18.2 Å². The largest absolute Gasteiger partial charge is 0.508 e. The van der Waals surface area contributed by atoms with E-state index in [0.717, 1.165) is 0 Å². The minimum Gasteiger partial charge on any atom is -0.508 e. The van der Waals surface area contributed by atoms with Gasteiger partial charge in [-0.15, -0.1) is 0 Å². The van der Waals surface area contributed by atoms with Gasteiger partial charge in [-0.05, 0) is 31.0 Å². The van der Waals surface area contributed by atoms with Crippen LogP contribution in [0.15, 0.2) is 18.2 Å².